The first kappa shape index (κ1) is 15.3. The van der Waals surface area contributed by atoms with Crippen molar-refractivity contribution in [3.05, 3.63) is 29.6 Å². The van der Waals surface area contributed by atoms with E-state index < -0.39 is 0 Å². The molecule has 4 heteroatoms. The fraction of sp³-hybridized carbons (Fsp3) is 0.625. The monoisotopic (exact) mass is 280 g/mol. The molecule has 1 aromatic rings. The zero-order chi connectivity index (χ0) is 14.5. The van der Waals surface area contributed by atoms with E-state index in [1.807, 2.05) is 12.1 Å². The second-order valence-electron chi connectivity index (χ2n) is 5.93. The van der Waals surface area contributed by atoms with E-state index in [0.29, 0.717) is 24.2 Å². The Bertz CT molecular complexity index is 428. The second kappa shape index (κ2) is 7.04. The maximum atomic E-state index is 14.2. The first-order valence-corrected chi connectivity index (χ1v) is 7.47. The fourth-order valence-electron chi connectivity index (χ4n) is 2.60. The summed E-state index contributed by atoms with van der Waals surface area (Å²) in [6.07, 6.45) is 1.87. The van der Waals surface area contributed by atoms with Gasteiger partial charge in [-0.25, -0.2) is 4.39 Å². The first-order valence-electron chi connectivity index (χ1n) is 7.47. The molecule has 3 nitrogen and oxygen atoms in total. The maximum Gasteiger partial charge on any atom is 0.146 e. The van der Waals surface area contributed by atoms with Crippen LogP contribution in [0.1, 0.15) is 32.3 Å². The summed E-state index contributed by atoms with van der Waals surface area (Å²) in [7, 11) is 0. The van der Waals surface area contributed by atoms with Gasteiger partial charge in [0.05, 0.1) is 5.69 Å². The molecule has 20 heavy (non-hydrogen) atoms. The van der Waals surface area contributed by atoms with Crippen molar-refractivity contribution in [2.75, 3.05) is 24.6 Å². The molecule has 2 N–H and O–H groups in total. The van der Waals surface area contributed by atoms with E-state index >= 15 is 0 Å². The van der Waals surface area contributed by atoms with E-state index in [0.717, 1.165) is 31.5 Å². The van der Waals surface area contributed by atoms with Crippen LogP contribution in [0.2, 0.25) is 0 Å². The number of anilines is 1. The Morgan fingerprint density at radius 2 is 2.05 bits per heavy atom. The summed E-state index contributed by atoms with van der Waals surface area (Å²) in [5.74, 6) is 0.235. The lowest BCUT2D eigenvalue weighted by molar-refractivity contribution is 0.203. The minimum absolute atomic E-state index is 0.143. The van der Waals surface area contributed by atoms with Gasteiger partial charge >= 0.3 is 0 Å². The third-order valence-corrected chi connectivity index (χ3v) is 3.94. The summed E-state index contributed by atoms with van der Waals surface area (Å²) in [5.41, 5.74) is 1.67. The molecule has 112 valence electrons. The van der Waals surface area contributed by atoms with Gasteiger partial charge in [-0.1, -0.05) is 19.9 Å². The zero-order valence-electron chi connectivity index (χ0n) is 12.4. The van der Waals surface area contributed by atoms with Crippen molar-refractivity contribution in [2.45, 2.75) is 39.3 Å². The third-order valence-electron chi connectivity index (χ3n) is 3.94. The van der Waals surface area contributed by atoms with Crippen molar-refractivity contribution >= 4 is 5.69 Å². The molecule has 0 atom stereocenters. The standard InChI is InChI=1S/C16H25FN2O/c1-12(2)18-10-14-3-4-16(15(17)9-14)19-7-5-13(11-20)6-8-19/h3-4,9,12-13,18,20H,5-8,10-11H2,1-2H3. The van der Waals surface area contributed by atoms with Crippen molar-refractivity contribution in [1.29, 1.82) is 0 Å². The van der Waals surface area contributed by atoms with Gasteiger partial charge in [0.2, 0.25) is 0 Å². The molecule has 0 unspecified atom stereocenters. The van der Waals surface area contributed by atoms with Gasteiger partial charge in [-0.3, -0.25) is 0 Å². The van der Waals surface area contributed by atoms with Crippen LogP contribution in [0.5, 0.6) is 0 Å². The van der Waals surface area contributed by atoms with Crippen LogP contribution in [0.15, 0.2) is 18.2 Å². The zero-order valence-corrected chi connectivity index (χ0v) is 12.4. The Morgan fingerprint density at radius 1 is 1.35 bits per heavy atom. The Labute approximate surface area is 120 Å². The molecule has 1 heterocycles. The quantitative estimate of drug-likeness (QED) is 0.870. The fourth-order valence-corrected chi connectivity index (χ4v) is 2.60. The van der Waals surface area contributed by atoms with E-state index in [1.54, 1.807) is 6.07 Å². The molecule has 0 radical (unpaired) electrons. The number of nitrogens with zero attached hydrogens (tertiary/aromatic N) is 1. The van der Waals surface area contributed by atoms with Crippen molar-refractivity contribution in [3.8, 4) is 0 Å². The highest BCUT2D eigenvalue weighted by atomic mass is 19.1. The number of hydrogen-bond acceptors (Lipinski definition) is 3. The molecule has 0 aliphatic carbocycles. The summed E-state index contributed by atoms with van der Waals surface area (Å²) in [5, 5.41) is 12.4. The number of rotatable bonds is 5. The lowest BCUT2D eigenvalue weighted by atomic mass is 9.97. The number of benzene rings is 1. The molecule has 0 bridgehead atoms. The molecule has 1 aromatic carbocycles. The van der Waals surface area contributed by atoms with Crippen LogP contribution in [0.4, 0.5) is 10.1 Å². The Morgan fingerprint density at radius 3 is 2.60 bits per heavy atom. The largest absolute Gasteiger partial charge is 0.396 e. The minimum atomic E-state index is -0.143. The van der Waals surface area contributed by atoms with Gasteiger partial charge in [-0.2, -0.15) is 0 Å². The van der Waals surface area contributed by atoms with Gasteiger partial charge in [-0.15, -0.1) is 0 Å². The highest BCUT2D eigenvalue weighted by Crippen LogP contribution is 2.26. The van der Waals surface area contributed by atoms with Crippen molar-refractivity contribution in [2.24, 2.45) is 5.92 Å². The van der Waals surface area contributed by atoms with Crippen LogP contribution in [0, 0.1) is 11.7 Å². The second-order valence-corrected chi connectivity index (χ2v) is 5.93. The van der Waals surface area contributed by atoms with E-state index in [-0.39, 0.29) is 12.4 Å². The normalized spacial score (nSPS) is 16.9. The highest BCUT2D eigenvalue weighted by molar-refractivity contribution is 5.49. The average Bonchev–Trinajstić information content (AvgIpc) is 2.45. The van der Waals surface area contributed by atoms with Gasteiger partial charge in [-0.05, 0) is 36.5 Å². The molecule has 0 aromatic heterocycles. The van der Waals surface area contributed by atoms with Crippen LogP contribution < -0.4 is 10.2 Å². The molecule has 1 aliphatic rings. The van der Waals surface area contributed by atoms with E-state index in [2.05, 4.69) is 24.1 Å². The Balaban J connectivity index is 1.99. The van der Waals surface area contributed by atoms with E-state index in [4.69, 9.17) is 5.11 Å². The maximum absolute atomic E-state index is 14.2. The predicted molar refractivity (Wildman–Crippen MR) is 80.4 cm³/mol. The molecule has 1 saturated heterocycles. The molecular weight excluding hydrogens is 255 g/mol. The first-order chi connectivity index (χ1) is 9.60. The van der Waals surface area contributed by atoms with Gasteiger partial charge in [0, 0.05) is 32.3 Å². The van der Waals surface area contributed by atoms with Crippen molar-refractivity contribution in [1.82, 2.24) is 5.32 Å². The summed E-state index contributed by atoms with van der Waals surface area (Å²) in [6, 6.07) is 5.90. The number of aliphatic hydroxyl groups is 1. The summed E-state index contributed by atoms with van der Waals surface area (Å²) in [6.45, 7) is 6.75. The van der Waals surface area contributed by atoms with Gasteiger partial charge in [0.25, 0.3) is 0 Å². The smallest absolute Gasteiger partial charge is 0.146 e. The Hall–Kier alpha value is -1.13. The van der Waals surface area contributed by atoms with E-state index in [1.165, 1.54) is 0 Å². The molecule has 0 saturated carbocycles. The Kier molecular flexibility index (Phi) is 5.38. The lowest BCUT2D eigenvalue weighted by Crippen LogP contribution is -2.35. The molecule has 1 aliphatic heterocycles. The molecule has 2 rings (SSSR count). The van der Waals surface area contributed by atoms with Crippen LogP contribution in [-0.2, 0) is 6.54 Å². The summed E-state index contributed by atoms with van der Waals surface area (Å²) in [4.78, 5) is 2.08. The van der Waals surface area contributed by atoms with Crippen LogP contribution in [-0.4, -0.2) is 30.8 Å². The number of nitrogens with one attached hydrogen (secondary N) is 1. The SMILES string of the molecule is CC(C)NCc1ccc(N2CCC(CO)CC2)c(F)c1. The van der Waals surface area contributed by atoms with Crippen LogP contribution in [0.3, 0.4) is 0 Å². The van der Waals surface area contributed by atoms with Gasteiger partial charge in [0.15, 0.2) is 0 Å². The number of aliphatic hydroxyl groups excluding tert-OH is 1. The summed E-state index contributed by atoms with van der Waals surface area (Å²) < 4.78 is 14.2. The minimum Gasteiger partial charge on any atom is -0.396 e. The lowest BCUT2D eigenvalue weighted by Gasteiger charge is -2.33. The van der Waals surface area contributed by atoms with Gasteiger partial charge in [0.1, 0.15) is 5.82 Å². The predicted octanol–water partition coefficient (Wildman–Crippen LogP) is 2.53. The number of hydrogen-bond donors (Lipinski definition) is 2. The number of piperidine rings is 1. The van der Waals surface area contributed by atoms with E-state index in [9.17, 15) is 4.39 Å². The molecular formula is C16H25FN2O. The average molecular weight is 280 g/mol. The topological polar surface area (TPSA) is 35.5 Å². The van der Waals surface area contributed by atoms with Crippen molar-refractivity contribution in [3.63, 3.8) is 0 Å². The molecule has 1 fully saturated rings. The van der Waals surface area contributed by atoms with Crippen molar-refractivity contribution < 1.29 is 9.50 Å². The molecule has 0 amide bonds. The molecule has 0 spiro atoms. The highest BCUT2D eigenvalue weighted by Gasteiger charge is 2.20. The summed E-state index contributed by atoms with van der Waals surface area (Å²) >= 11 is 0. The van der Waals surface area contributed by atoms with Gasteiger partial charge < -0.3 is 15.3 Å². The van der Waals surface area contributed by atoms with Crippen LogP contribution in [0.25, 0.3) is 0 Å². The van der Waals surface area contributed by atoms with Crippen LogP contribution >= 0.6 is 0 Å². The number of halogens is 1. The third kappa shape index (κ3) is 3.93.